The zero-order chi connectivity index (χ0) is 11.2. The molecule has 0 N–H and O–H groups in total. The van der Waals surface area contributed by atoms with E-state index in [1.807, 2.05) is 0 Å². The second-order valence-electron chi connectivity index (χ2n) is 5.65. The zero-order valence-corrected chi connectivity index (χ0v) is 10.8. The molecule has 2 fully saturated rings. The first-order chi connectivity index (χ1) is 7.88. The van der Waals surface area contributed by atoms with Crippen LogP contribution in [0.4, 0.5) is 0 Å². The molecular weight excluding hydrogens is 194 g/mol. The summed E-state index contributed by atoms with van der Waals surface area (Å²) < 4.78 is 0. The minimum Gasteiger partial charge on any atom is -0.302 e. The van der Waals surface area contributed by atoms with Crippen molar-refractivity contribution in [2.24, 2.45) is 11.8 Å². The Hall–Kier alpha value is -0.300. The number of rotatable bonds is 4. The van der Waals surface area contributed by atoms with Crippen LogP contribution >= 0.6 is 0 Å². The van der Waals surface area contributed by atoms with E-state index in [2.05, 4.69) is 24.0 Å². The van der Waals surface area contributed by atoms with Gasteiger partial charge in [-0.1, -0.05) is 38.3 Å². The molecule has 0 aromatic rings. The van der Waals surface area contributed by atoms with E-state index in [0.29, 0.717) is 0 Å². The Labute approximate surface area is 101 Å². The standard InChI is InChI=1S/C15H27N/c1-2-3-7-15-10-11-16(13-15)12-14-8-5-4-6-9-14/h3,7,14-15H,2,4-6,8-13H2,1H3/b7-3+. The van der Waals surface area contributed by atoms with E-state index >= 15 is 0 Å². The number of nitrogens with zero attached hydrogens (tertiary/aromatic N) is 1. The minimum atomic E-state index is 0.851. The highest BCUT2D eigenvalue weighted by Gasteiger charge is 2.23. The Morgan fingerprint density at radius 1 is 1.12 bits per heavy atom. The molecule has 1 heteroatoms. The van der Waals surface area contributed by atoms with E-state index in [1.165, 1.54) is 64.6 Å². The molecule has 0 aromatic carbocycles. The molecule has 1 unspecified atom stereocenters. The van der Waals surface area contributed by atoms with E-state index in [0.717, 1.165) is 11.8 Å². The van der Waals surface area contributed by atoms with Gasteiger partial charge in [0.2, 0.25) is 0 Å². The largest absolute Gasteiger partial charge is 0.302 e. The summed E-state index contributed by atoms with van der Waals surface area (Å²) in [5, 5.41) is 0. The molecule has 1 heterocycles. The first-order valence-electron chi connectivity index (χ1n) is 7.27. The Morgan fingerprint density at radius 3 is 2.69 bits per heavy atom. The van der Waals surface area contributed by atoms with E-state index in [4.69, 9.17) is 0 Å². The van der Waals surface area contributed by atoms with Crippen LogP contribution < -0.4 is 0 Å². The van der Waals surface area contributed by atoms with Gasteiger partial charge in [0, 0.05) is 13.1 Å². The monoisotopic (exact) mass is 221 g/mol. The van der Waals surface area contributed by atoms with E-state index < -0.39 is 0 Å². The zero-order valence-electron chi connectivity index (χ0n) is 10.8. The first kappa shape index (κ1) is 12.2. The fraction of sp³-hybridized carbons (Fsp3) is 0.867. The molecule has 1 aliphatic heterocycles. The Kier molecular flexibility index (Phi) is 4.90. The molecule has 0 amide bonds. The topological polar surface area (TPSA) is 3.24 Å². The molecular formula is C15H27N. The van der Waals surface area contributed by atoms with Gasteiger partial charge in [-0.25, -0.2) is 0 Å². The second kappa shape index (κ2) is 6.44. The lowest BCUT2D eigenvalue weighted by molar-refractivity contribution is 0.231. The molecule has 0 spiro atoms. The van der Waals surface area contributed by atoms with Gasteiger partial charge in [0.25, 0.3) is 0 Å². The number of hydrogen-bond donors (Lipinski definition) is 0. The van der Waals surface area contributed by atoms with Gasteiger partial charge in [0.15, 0.2) is 0 Å². The lowest BCUT2D eigenvalue weighted by atomic mass is 9.89. The molecule has 1 atom stereocenters. The van der Waals surface area contributed by atoms with Gasteiger partial charge in [-0.15, -0.1) is 0 Å². The van der Waals surface area contributed by atoms with Crippen LogP contribution in [0, 0.1) is 11.8 Å². The summed E-state index contributed by atoms with van der Waals surface area (Å²) in [6, 6.07) is 0. The van der Waals surface area contributed by atoms with Gasteiger partial charge in [-0.3, -0.25) is 0 Å². The molecule has 1 saturated carbocycles. The average molecular weight is 221 g/mol. The van der Waals surface area contributed by atoms with Crippen molar-refractivity contribution in [2.75, 3.05) is 19.6 Å². The SMILES string of the molecule is CC/C=C/C1CCN(CC2CCCCC2)C1. The Bertz CT molecular complexity index is 215. The summed E-state index contributed by atoms with van der Waals surface area (Å²) in [5.74, 6) is 1.87. The molecule has 1 aliphatic carbocycles. The summed E-state index contributed by atoms with van der Waals surface area (Å²) in [6.07, 6.45) is 14.8. The van der Waals surface area contributed by atoms with Crippen molar-refractivity contribution in [2.45, 2.75) is 51.9 Å². The van der Waals surface area contributed by atoms with Gasteiger partial charge < -0.3 is 4.90 Å². The van der Waals surface area contributed by atoms with Crippen molar-refractivity contribution in [1.29, 1.82) is 0 Å². The van der Waals surface area contributed by atoms with Crippen LogP contribution in [0.5, 0.6) is 0 Å². The van der Waals surface area contributed by atoms with Gasteiger partial charge in [0.1, 0.15) is 0 Å². The van der Waals surface area contributed by atoms with Crippen LogP contribution in [0.25, 0.3) is 0 Å². The van der Waals surface area contributed by atoms with Crippen LogP contribution in [0.15, 0.2) is 12.2 Å². The number of allylic oxidation sites excluding steroid dienone is 1. The molecule has 0 bridgehead atoms. The van der Waals surface area contributed by atoms with Crippen molar-refractivity contribution in [1.82, 2.24) is 4.90 Å². The lowest BCUT2D eigenvalue weighted by Crippen LogP contribution is -2.28. The van der Waals surface area contributed by atoms with E-state index in [1.54, 1.807) is 0 Å². The molecule has 1 nitrogen and oxygen atoms in total. The molecule has 2 rings (SSSR count). The number of hydrogen-bond acceptors (Lipinski definition) is 1. The van der Waals surface area contributed by atoms with E-state index in [9.17, 15) is 0 Å². The van der Waals surface area contributed by atoms with Gasteiger partial charge in [-0.2, -0.15) is 0 Å². The van der Waals surface area contributed by atoms with Gasteiger partial charge in [-0.05, 0) is 44.1 Å². The third kappa shape index (κ3) is 3.62. The highest BCUT2D eigenvalue weighted by atomic mass is 15.1. The van der Waals surface area contributed by atoms with Crippen LogP contribution in [0.2, 0.25) is 0 Å². The summed E-state index contributed by atoms with van der Waals surface area (Å²) in [4.78, 5) is 2.71. The van der Waals surface area contributed by atoms with Crippen molar-refractivity contribution in [3.63, 3.8) is 0 Å². The third-order valence-electron chi connectivity index (χ3n) is 4.19. The predicted molar refractivity (Wildman–Crippen MR) is 70.6 cm³/mol. The maximum absolute atomic E-state index is 2.71. The predicted octanol–water partition coefficient (Wildman–Crippen LogP) is 3.85. The van der Waals surface area contributed by atoms with Crippen molar-refractivity contribution >= 4 is 0 Å². The average Bonchev–Trinajstić information content (AvgIpc) is 2.75. The summed E-state index contributed by atoms with van der Waals surface area (Å²) in [6.45, 7) is 6.28. The minimum absolute atomic E-state index is 0.851. The maximum Gasteiger partial charge on any atom is 0.00449 e. The molecule has 0 aromatic heterocycles. The van der Waals surface area contributed by atoms with Gasteiger partial charge >= 0.3 is 0 Å². The van der Waals surface area contributed by atoms with E-state index in [-0.39, 0.29) is 0 Å². The second-order valence-corrected chi connectivity index (χ2v) is 5.65. The van der Waals surface area contributed by atoms with Crippen LogP contribution in [0.1, 0.15) is 51.9 Å². The Balaban J connectivity index is 1.69. The van der Waals surface area contributed by atoms with Crippen molar-refractivity contribution in [3.05, 3.63) is 12.2 Å². The Morgan fingerprint density at radius 2 is 1.94 bits per heavy atom. The quantitative estimate of drug-likeness (QED) is 0.652. The lowest BCUT2D eigenvalue weighted by Gasteiger charge is -2.26. The summed E-state index contributed by atoms with van der Waals surface area (Å²) in [7, 11) is 0. The summed E-state index contributed by atoms with van der Waals surface area (Å²) in [5.41, 5.74) is 0. The normalized spacial score (nSPS) is 29.2. The molecule has 1 saturated heterocycles. The smallest absolute Gasteiger partial charge is 0.00449 e. The summed E-state index contributed by atoms with van der Waals surface area (Å²) >= 11 is 0. The van der Waals surface area contributed by atoms with Crippen LogP contribution in [0.3, 0.4) is 0 Å². The first-order valence-corrected chi connectivity index (χ1v) is 7.27. The van der Waals surface area contributed by atoms with Crippen LogP contribution in [-0.2, 0) is 0 Å². The molecule has 92 valence electrons. The maximum atomic E-state index is 2.71. The highest BCUT2D eigenvalue weighted by molar-refractivity contribution is 4.93. The number of likely N-dealkylation sites (tertiary alicyclic amines) is 1. The fourth-order valence-corrected chi connectivity index (χ4v) is 3.25. The van der Waals surface area contributed by atoms with Crippen LogP contribution in [-0.4, -0.2) is 24.5 Å². The molecule has 2 aliphatic rings. The highest BCUT2D eigenvalue weighted by Crippen LogP contribution is 2.27. The van der Waals surface area contributed by atoms with Gasteiger partial charge in [0.05, 0.1) is 0 Å². The third-order valence-corrected chi connectivity index (χ3v) is 4.19. The van der Waals surface area contributed by atoms with Crippen molar-refractivity contribution in [3.8, 4) is 0 Å². The molecule has 0 radical (unpaired) electrons. The van der Waals surface area contributed by atoms with Crippen molar-refractivity contribution < 1.29 is 0 Å². The molecule has 16 heavy (non-hydrogen) atoms. The fourth-order valence-electron chi connectivity index (χ4n) is 3.25.